The lowest BCUT2D eigenvalue weighted by Gasteiger charge is -2.35. The van der Waals surface area contributed by atoms with Crippen molar-refractivity contribution in [1.29, 1.82) is 0 Å². The van der Waals surface area contributed by atoms with Crippen LogP contribution in [0.5, 0.6) is 17.2 Å². The van der Waals surface area contributed by atoms with Gasteiger partial charge in [-0.15, -0.1) is 0 Å². The van der Waals surface area contributed by atoms with Gasteiger partial charge in [-0.3, -0.25) is 19.7 Å². The second kappa shape index (κ2) is 18.0. The molecule has 0 bridgehead atoms. The van der Waals surface area contributed by atoms with Crippen molar-refractivity contribution < 1.29 is 29.0 Å². The maximum absolute atomic E-state index is 12.7. The average molecular weight is 758 g/mol. The van der Waals surface area contributed by atoms with Crippen LogP contribution in [0, 0.1) is 0 Å². The van der Waals surface area contributed by atoms with Crippen LogP contribution in [0.15, 0.2) is 109 Å². The first-order valence-corrected chi connectivity index (χ1v) is 19.3. The number of phenolic OH excluding ortho intramolecular Hbond substituents is 1. The first kappa shape index (κ1) is 40.3. The van der Waals surface area contributed by atoms with Crippen LogP contribution in [0.2, 0.25) is 0 Å². The Kier molecular flexibility index (Phi) is 13.0. The molecule has 4 aromatic carbocycles. The number of fused-ring (bicyclic) bond motifs is 1. The van der Waals surface area contributed by atoms with E-state index in [1.54, 1.807) is 0 Å². The number of carbonyl (C=O) groups excluding carboxylic acids is 3. The number of imide groups is 1. The number of piperidine rings is 2. The molecule has 8 rings (SSSR count). The van der Waals surface area contributed by atoms with E-state index in [-0.39, 0.29) is 45.6 Å². The number of rotatable bonds is 11. The molecule has 3 atom stereocenters. The van der Waals surface area contributed by atoms with Gasteiger partial charge in [-0.25, -0.2) is 0 Å². The molecule has 4 aliphatic rings. The number of hydrogen-bond acceptors (Lipinski definition) is 7. The summed E-state index contributed by atoms with van der Waals surface area (Å²) in [4.78, 5) is 40.5. The molecule has 2 N–H and O–H groups in total. The predicted octanol–water partition coefficient (Wildman–Crippen LogP) is 8.08. The molecule has 3 heterocycles. The Morgan fingerprint density at radius 1 is 0.750 bits per heavy atom. The fraction of sp³-hybridized carbons (Fsp3) is 0.383. The lowest BCUT2D eigenvalue weighted by Crippen LogP contribution is -2.53. The second-order valence-corrected chi connectivity index (χ2v) is 15.0. The smallest absolute Gasteiger partial charge is 0.251 e. The number of benzene rings is 4. The third-order valence-electron chi connectivity index (χ3n) is 11.6. The minimum absolute atomic E-state index is 0. The third kappa shape index (κ3) is 9.00. The van der Waals surface area contributed by atoms with Crippen LogP contribution in [0.4, 0.5) is 0 Å². The number of amides is 3. The third-order valence-corrected chi connectivity index (χ3v) is 11.6. The number of aromatic hydroxyl groups is 1. The van der Waals surface area contributed by atoms with Crippen LogP contribution in [0.3, 0.4) is 0 Å². The van der Waals surface area contributed by atoms with E-state index in [0.717, 1.165) is 57.5 Å². The number of ether oxygens (including phenoxy) is 2. The van der Waals surface area contributed by atoms with E-state index in [1.165, 1.54) is 38.8 Å². The summed E-state index contributed by atoms with van der Waals surface area (Å²) in [6.07, 6.45) is 7.06. The highest BCUT2D eigenvalue weighted by Crippen LogP contribution is 2.47. The highest BCUT2D eigenvalue weighted by atomic mass is 16.5. The van der Waals surface area contributed by atoms with E-state index in [2.05, 4.69) is 83.0 Å². The van der Waals surface area contributed by atoms with Crippen molar-refractivity contribution in [3.8, 4) is 17.2 Å². The zero-order chi connectivity index (χ0) is 37.0. The zero-order valence-corrected chi connectivity index (χ0v) is 30.5. The minimum atomic E-state index is -0.653. The molecule has 1 unspecified atom stereocenters. The Bertz CT molecular complexity index is 2020. The standard InChI is InChI=1S/C45H47N3O6.2CH4/c49-35-13-17-40-34(26-35)12-16-39(31-6-2-1-3-7-31)44(40)32-10-14-36(15-11-32)53-25-5-22-47-23-20-30(21-24-47)33-8-4-9-37(27-33)54-38-28-43(51)48(29-38)41-18-19-42(50)46-45(41)52;;/h1-4,6-11,13-15,17,26-28,30,39,41,44,49H,5,12,16,18-25,29H2,(H,46,50,52);2*1H4/t39-,41?,44+;;/m1../s1. The molecule has 0 spiro atoms. The Morgan fingerprint density at radius 2 is 1.52 bits per heavy atom. The summed E-state index contributed by atoms with van der Waals surface area (Å²) in [7, 11) is 0. The molecule has 2 fully saturated rings. The van der Waals surface area contributed by atoms with Gasteiger partial charge in [0.25, 0.3) is 5.91 Å². The van der Waals surface area contributed by atoms with E-state index < -0.39 is 11.9 Å². The lowest BCUT2D eigenvalue weighted by atomic mass is 9.69. The van der Waals surface area contributed by atoms with Crippen LogP contribution in [-0.2, 0) is 20.8 Å². The molecule has 1 aliphatic carbocycles. The van der Waals surface area contributed by atoms with Crippen molar-refractivity contribution in [3.05, 3.63) is 137 Å². The average Bonchev–Trinajstić information content (AvgIpc) is 3.55. The topological polar surface area (TPSA) is 108 Å². The van der Waals surface area contributed by atoms with Crippen LogP contribution in [0.1, 0.15) is 98.9 Å². The fourth-order valence-corrected chi connectivity index (χ4v) is 8.82. The summed E-state index contributed by atoms with van der Waals surface area (Å²) < 4.78 is 12.3. The van der Waals surface area contributed by atoms with Crippen LogP contribution >= 0.6 is 0 Å². The van der Waals surface area contributed by atoms with Crippen molar-refractivity contribution in [2.75, 3.05) is 32.8 Å². The molecule has 4 aromatic rings. The Balaban J connectivity index is 0.00000266. The number of nitrogens with zero attached hydrogens (tertiary/aromatic N) is 2. The normalized spacial score (nSPS) is 21.3. The maximum atomic E-state index is 12.7. The summed E-state index contributed by atoms with van der Waals surface area (Å²) in [5.41, 5.74) is 6.38. The van der Waals surface area contributed by atoms with Crippen molar-refractivity contribution in [2.45, 2.75) is 83.6 Å². The number of hydrogen-bond donors (Lipinski definition) is 2. The highest BCUT2D eigenvalue weighted by molar-refractivity contribution is 6.03. The summed E-state index contributed by atoms with van der Waals surface area (Å²) in [5.74, 6) is 2.43. The maximum Gasteiger partial charge on any atom is 0.251 e. The number of carbonyl (C=O) groups is 3. The summed E-state index contributed by atoms with van der Waals surface area (Å²) in [6.45, 7) is 3.91. The minimum Gasteiger partial charge on any atom is -0.508 e. The van der Waals surface area contributed by atoms with Gasteiger partial charge in [-0.05, 0) is 128 Å². The Morgan fingerprint density at radius 3 is 2.29 bits per heavy atom. The summed E-state index contributed by atoms with van der Waals surface area (Å²) >= 11 is 0. The van der Waals surface area contributed by atoms with Gasteiger partial charge in [-0.1, -0.05) is 75.5 Å². The Labute approximate surface area is 331 Å². The molecule has 9 nitrogen and oxygen atoms in total. The van der Waals surface area contributed by atoms with Gasteiger partial charge < -0.3 is 24.4 Å². The van der Waals surface area contributed by atoms with E-state index >= 15 is 0 Å². The van der Waals surface area contributed by atoms with Crippen molar-refractivity contribution in [3.63, 3.8) is 0 Å². The number of likely N-dealkylation sites (tertiary alicyclic amines) is 1. The molecule has 294 valence electrons. The van der Waals surface area contributed by atoms with Crippen LogP contribution in [-0.4, -0.2) is 71.5 Å². The number of aryl methyl sites for hydroxylation is 1. The van der Waals surface area contributed by atoms with Gasteiger partial charge >= 0.3 is 0 Å². The van der Waals surface area contributed by atoms with E-state index in [1.807, 2.05) is 24.3 Å². The molecule has 2 saturated heterocycles. The molecule has 9 heteroatoms. The van der Waals surface area contributed by atoms with E-state index in [0.29, 0.717) is 42.1 Å². The Hall–Kier alpha value is -5.41. The molecule has 0 radical (unpaired) electrons. The second-order valence-electron chi connectivity index (χ2n) is 15.0. The summed E-state index contributed by atoms with van der Waals surface area (Å²) in [5, 5.41) is 12.5. The van der Waals surface area contributed by atoms with Crippen molar-refractivity contribution >= 4 is 17.7 Å². The van der Waals surface area contributed by atoms with E-state index in [9.17, 15) is 19.5 Å². The first-order valence-electron chi connectivity index (χ1n) is 19.3. The zero-order valence-electron chi connectivity index (χ0n) is 30.5. The van der Waals surface area contributed by atoms with Crippen LogP contribution in [0.25, 0.3) is 0 Å². The number of phenols is 1. The largest absolute Gasteiger partial charge is 0.508 e. The monoisotopic (exact) mass is 757 g/mol. The molecule has 56 heavy (non-hydrogen) atoms. The molecular weight excluding hydrogens is 703 g/mol. The quantitative estimate of drug-likeness (QED) is 0.118. The molecule has 3 aliphatic heterocycles. The molecule has 3 amide bonds. The predicted molar refractivity (Wildman–Crippen MR) is 219 cm³/mol. The molecular formula is C47H55N3O6. The SMILES string of the molecule is C.C.O=C1CCC(N2CC(Oc3cccc(C4CCN(CCCOc5ccc([C@@H]6c7ccc(O)cc7CC[C@@H]6c6ccccc6)cc5)CC4)c3)=CC2=O)C(=O)N1. The van der Waals surface area contributed by atoms with Gasteiger partial charge in [0.05, 0.1) is 13.2 Å². The number of nitrogens with one attached hydrogen (secondary N) is 1. The highest BCUT2D eigenvalue weighted by Gasteiger charge is 2.37. The van der Waals surface area contributed by atoms with Crippen molar-refractivity contribution in [1.82, 2.24) is 15.1 Å². The molecule has 0 aromatic heterocycles. The van der Waals surface area contributed by atoms with Gasteiger partial charge in [0, 0.05) is 25.0 Å². The van der Waals surface area contributed by atoms with Gasteiger partial charge in [0.1, 0.15) is 29.0 Å². The summed E-state index contributed by atoms with van der Waals surface area (Å²) in [6, 6.07) is 32.7. The van der Waals surface area contributed by atoms with Gasteiger partial charge in [-0.2, -0.15) is 0 Å². The fourth-order valence-electron chi connectivity index (χ4n) is 8.82. The van der Waals surface area contributed by atoms with Crippen LogP contribution < -0.4 is 14.8 Å². The lowest BCUT2D eigenvalue weighted by molar-refractivity contribution is -0.142. The first-order chi connectivity index (χ1) is 26.4. The van der Waals surface area contributed by atoms with Gasteiger partial charge in [0.2, 0.25) is 11.8 Å². The van der Waals surface area contributed by atoms with E-state index in [4.69, 9.17) is 9.47 Å². The van der Waals surface area contributed by atoms with Crippen molar-refractivity contribution in [2.24, 2.45) is 0 Å². The van der Waals surface area contributed by atoms with Gasteiger partial charge in [0.15, 0.2) is 0 Å². The molecule has 0 saturated carbocycles.